The zero-order valence-electron chi connectivity index (χ0n) is 11.6. The van der Waals surface area contributed by atoms with E-state index in [1.165, 1.54) is 32.0 Å². The van der Waals surface area contributed by atoms with E-state index in [-0.39, 0.29) is 11.9 Å². The summed E-state index contributed by atoms with van der Waals surface area (Å²) in [5, 5.41) is 0. The van der Waals surface area contributed by atoms with Crippen LogP contribution in [0.5, 0.6) is 0 Å². The molecular formula is C16H22FNO. The lowest BCUT2D eigenvalue weighted by atomic mass is 9.76. The van der Waals surface area contributed by atoms with Crippen LogP contribution >= 0.6 is 0 Å². The highest BCUT2D eigenvalue weighted by molar-refractivity contribution is 5.17. The molecule has 1 aromatic carbocycles. The second-order valence-corrected chi connectivity index (χ2v) is 6.27. The summed E-state index contributed by atoms with van der Waals surface area (Å²) in [6.07, 6.45) is 4.73. The predicted molar refractivity (Wildman–Crippen MR) is 73.6 cm³/mol. The first kappa shape index (κ1) is 13.1. The number of piperidine rings is 1. The Bertz CT molecular complexity index is 440. The Kier molecular flexibility index (Phi) is 3.59. The Labute approximate surface area is 114 Å². The van der Waals surface area contributed by atoms with Crippen molar-refractivity contribution in [3.8, 4) is 0 Å². The Balaban J connectivity index is 1.60. The molecule has 1 aromatic rings. The summed E-state index contributed by atoms with van der Waals surface area (Å²) in [5.41, 5.74) is 1.44. The minimum atomic E-state index is -0.149. The van der Waals surface area contributed by atoms with Crippen LogP contribution in [0.3, 0.4) is 0 Å². The minimum Gasteiger partial charge on any atom is -0.377 e. The summed E-state index contributed by atoms with van der Waals surface area (Å²) in [7, 11) is 2.19. The smallest absolute Gasteiger partial charge is 0.123 e. The molecule has 2 heterocycles. The molecule has 0 saturated carbocycles. The van der Waals surface area contributed by atoms with Gasteiger partial charge in [-0.25, -0.2) is 4.39 Å². The molecule has 0 aromatic heterocycles. The summed E-state index contributed by atoms with van der Waals surface area (Å²) < 4.78 is 19.2. The summed E-state index contributed by atoms with van der Waals surface area (Å²) in [5.74, 6) is -0.149. The van der Waals surface area contributed by atoms with Crippen molar-refractivity contribution in [2.45, 2.75) is 31.8 Å². The van der Waals surface area contributed by atoms with Crippen LogP contribution in [0.25, 0.3) is 0 Å². The lowest BCUT2D eigenvalue weighted by molar-refractivity contribution is 0.0714. The van der Waals surface area contributed by atoms with Crippen molar-refractivity contribution in [1.82, 2.24) is 4.90 Å². The molecule has 3 rings (SSSR count). The maximum Gasteiger partial charge on any atom is 0.123 e. The van der Waals surface area contributed by atoms with Crippen molar-refractivity contribution in [2.75, 3.05) is 26.7 Å². The van der Waals surface area contributed by atoms with Gasteiger partial charge in [0.15, 0.2) is 0 Å². The predicted octanol–water partition coefficient (Wildman–Crippen LogP) is 2.87. The Morgan fingerprint density at radius 2 is 2.16 bits per heavy atom. The van der Waals surface area contributed by atoms with Gasteiger partial charge in [-0.2, -0.15) is 0 Å². The minimum absolute atomic E-state index is 0.149. The van der Waals surface area contributed by atoms with Gasteiger partial charge in [0.05, 0.1) is 12.7 Å². The van der Waals surface area contributed by atoms with Crippen LogP contribution < -0.4 is 0 Å². The number of benzene rings is 1. The SMILES string of the molecule is CN1CCC2(CC1)CO[C@@H](Cc1cccc(F)c1)C2. The maximum atomic E-state index is 13.2. The highest BCUT2D eigenvalue weighted by Gasteiger charge is 2.41. The fraction of sp³-hybridized carbons (Fsp3) is 0.625. The number of ether oxygens (including phenoxy) is 1. The largest absolute Gasteiger partial charge is 0.377 e. The molecule has 0 unspecified atom stereocenters. The third-order valence-corrected chi connectivity index (χ3v) is 4.69. The van der Waals surface area contributed by atoms with Crippen molar-refractivity contribution < 1.29 is 9.13 Å². The third kappa shape index (κ3) is 2.98. The molecule has 19 heavy (non-hydrogen) atoms. The van der Waals surface area contributed by atoms with Crippen LogP contribution in [0, 0.1) is 11.2 Å². The number of hydrogen-bond donors (Lipinski definition) is 0. The fourth-order valence-corrected chi connectivity index (χ4v) is 3.39. The van der Waals surface area contributed by atoms with E-state index < -0.39 is 0 Å². The highest BCUT2D eigenvalue weighted by atomic mass is 19.1. The van der Waals surface area contributed by atoms with Gasteiger partial charge >= 0.3 is 0 Å². The van der Waals surface area contributed by atoms with E-state index >= 15 is 0 Å². The van der Waals surface area contributed by atoms with Gasteiger partial charge in [-0.15, -0.1) is 0 Å². The molecule has 1 atom stereocenters. The second kappa shape index (κ2) is 5.22. The van der Waals surface area contributed by atoms with Crippen molar-refractivity contribution in [2.24, 2.45) is 5.41 Å². The third-order valence-electron chi connectivity index (χ3n) is 4.69. The van der Waals surface area contributed by atoms with Gasteiger partial charge in [0.1, 0.15) is 5.82 Å². The van der Waals surface area contributed by atoms with E-state index in [1.807, 2.05) is 6.07 Å². The summed E-state index contributed by atoms with van der Waals surface area (Å²) in [4.78, 5) is 2.39. The molecule has 0 radical (unpaired) electrons. The fourth-order valence-electron chi connectivity index (χ4n) is 3.39. The van der Waals surface area contributed by atoms with Crippen LogP contribution in [0.4, 0.5) is 4.39 Å². The molecule has 0 aliphatic carbocycles. The quantitative estimate of drug-likeness (QED) is 0.813. The van der Waals surface area contributed by atoms with E-state index in [1.54, 1.807) is 12.1 Å². The van der Waals surface area contributed by atoms with Gasteiger partial charge in [-0.3, -0.25) is 0 Å². The molecule has 0 N–H and O–H groups in total. The highest BCUT2D eigenvalue weighted by Crippen LogP contribution is 2.42. The standard InChI is InChI=1S/C16H22FNO/c1-18-7-5-16(6-8-18)11-15(19-12-16)10-13-3-2-4-14(17)9-13/h2-4,9,15H,5-8,10-12H2,1H3/t15-/m0/s1. The molecule has 2 saturated heterocycles. The molecule has 1 spiro atoms. The first-order chi connectivity index (χ1) is 9.15. The van der Waals surface area contributed by atoms with Crippen LogP contribution in [0.1, 0.15) is 24.8 Å². The monoisotopic (exact) mass is 263 g/mol. The van der Waals surface area contributed by atoms with E-state index in [9.17, 15) is 4.39 Å². The normalized spacial score (nSPS) is 26.9. The van der Waals surface area contributed by atoms with Crippen molar-refractivity contribution in [1.29, 1.82) is 0 Å². The van der Waals surface area contributed by atoms with Gasteiger partial charge in [-0.1, -0.05) is 12.1 Å². The lowest BCUT2D eigenvalue weighted by Gasteiger charge is -2.36. The number of nitrogens with zero attached hydrogens (tertiary/aromatic N) is 1. The molecular weight excluding hydrogens is 241 g/mol. The molecule has 104 valence electrons. The van der Waals surface area contributed by atoms with Crippen LogP contribution in [0.15, 0.2) is 24.3 Å². The molecule has 0 bridgehead atoms. The Hall–Kier alpha value is -0.930. The van der Waals surface area contributed by atoms with Crippen molar-refractivity contribution in [3.05, 3.63) is 35.6 Å². The van der Waals surface area contributed by atoms with Gasteiger partial charge in [0.25, 0.3) is 0 Å². The van der Waals surface area contributed by atoms with E-state index in [0.29, 0.717) is 5.41 Å². The number of likely N-dealkylation sites (tertiary alicyclic amines) is 1. The maximum absolute atomic E-state index is 13.2. The first-order valence-corrected chi connectivity index (χ1v) is 7.20. The lowest BCUT2D eigenvalue weighted by Crippen LogP contribution is -2.38. The van der Waals surface area contributed by atoms with Crippen molar-refractivity contribution in [3.63, 3.8) is 0 Å². The van der Waals surface area contributed by atoms with Gasteiger partial charge in [0, 0.05) is 0 Å². The zero-order valence-corrected chi connectivity index (χ0v) is 11.6. The van der Waals surface area contributed by atoms with Crippen LogP contribution in [-0.2, 0) is 11.2 Å². The number of rotatable bonds is 2. The van der Waals surface area contributed by atoms with E-state index in [2.05, 4.69) is 11.9 Å². The second-order valence-electron chi connectivity index (χ2n) is 6.27. The number of hydrogen-bond acceptors (Lipinski definition) is 2. The van der Waals surface area contributed by atoms with Crippen LogP contribution in [-0.4, -0.2) is 37.7 Å². The van der Waals surface area contributed by atoms with Gasteiger partial charge < -0.3 is 9.64 Å². The topological polar surface area (TPSA) is 12.5 Å². The van der Waals surface area contributed by atoms with Gasteiger partial charge in [-0.05, 0) is 68.9 Å². The molecule has 3 heteroatoms. The summed E-state index contributed by atoms with van der Waals surface area (Å²) >= 11 is 0. The molecule has 2 fully saturated rings. The average Bonchev–Trinajstić information content (AvgIpc) is 2.77. The Morgan fingerprint density at radius 3 is 2.89 bits per heavy atom. The molecule has 0 amide bonds. The van der Waals surface area contributed by atoms with E-state index in [0.717, 1.165) is 25.0 Å². The van der Waals surface area contributed by atoms with E-state index in [4.69, 9.17) is 4.74 Å². The zero-order chi connectivity index (χ0) is 13.3. The number of halogens is 1. The Morgan fingerprint density at radius 1 is 1.37 bits per heavy atom. The average molecular weight is 263 g/mol. The molecule has 2 aliphatic rings. The van der Waals surface area contributed by atoms with Crippen molar-refractivity contribution >= 4 is 0 Å². The molecule has 2 nitrogen and oxygen atoms in total. The first-order valence-electron chi connectivity index (χ1n) is 7.20. The summed E-state index contributed by atoms with van der Waals surface area (Å²) in [6.45, 7) is 3.24. The van der Waals surface area contributed by atoms with Gasteiger partial charge in [0.2, 0.25) is 0 Å². The summed E-state index contributed by atoms with van der Waals surface area (Å²) in [6, 6.07) is 6.90. The van der Waals surface area contributed by atoms with Crippen LogP contribution in [0.2, 0.25) is 0 Å². The molecule has 2 aliphatic heterocycles.